The fraction of sp³-hybridized carbons (Fsp3) is 0.600. The van der Waals surface area contributed by atoms with Crippen LogP contribution >= 0.6 is 0 Å². The van der Waals surface area contributed by atoms with Gasteiger partial charge in [0.25, 0.3) is 5.91 Å². The van der Waals surface area contributed by atoms with E-state index in [1.807, 2.05) is 13.8 Å². The number of nitrogens with zero attached hydrogens (tertiary/aromatic N) is 3. The summed E-state index contributed by atoms with van der Waals surface area (Å²) >= 11 is 0. The molecule has 0 aliphatic heterocycles. The Morgan fingerprint density at radius 1 is 1.67 bits per heavy atom. The standard InChI is InChI=1S/C10H18N4O/c1-8(2)14(7-5-11)10(15)9-4-6-12-13(9)3/h4,6,8H,5,7,11H2,1-3H3. The largest absolute Gasteiger partial charge is 0.334 e. The van der Waals surface area contributed by atoms with Gasteiger partial charge >= 0.3 is 0 Å². The van der Waals surface area contributed by atoms with E-state index in [1.165, 1.54) is 0 Å². The molecule has 5 nitrogen and oxygen atoms in total. The maximum atomic E-state index is 12.1. The van der Waals surface area contributed by atoms with Crippen LogP contribution in [0.3, 0.4) is 0 Å². The zero-order chi connectivity index (χ0) is 11.4. The first-order valence-electron chi connectivity index (χ1n) is 5.07. The van der Waals surface area contributed by atoms with E-state index in [9.17, 15) is 4.79 Å². The first-order chi connectivity index (χ1) is 7.07. The molecule has 0 spiro atoms. The molecule has 15 heavy (non-hydrogen) atoms. The molecular weight excluding hydrogens is 192 g/mol. The fourth-order valence-corrected chi connectivity index (χ4v) is 1.46. The van der Waals surface area contributed by atoms with Gasteiger partial charge in [-0.2, -0.15) is 5.10 Å². The van der Waals surface area contributed by atoms with Crippen LogP contribution in [-0.4, -0.2) is 39.7 Å². The summed E-state index contributed by atoms with van der Waals surface area (Å²) in [6.07, 6.45) is 1.62. The van der Waals surface area contributed by atoms with Crippen LogP contribution in [0.15, 0.2) is 12.3 Å². The minimum Gasteiger partial charge on any atom is -0.334 e. The van der Waals surface area contributed by atoms with Crippen molar-refractivity contribution >= 4 is 5.91 Å². The van der Waals surface area contributed by atoms with Crippen LogP contribution in [0.4, 0.5) is 0 Å². The van der Waals surface area contributed by atoms with Gasteiger partial charge in [-0.05, 0) is 19.9 Å². The molecule has 1 rings (SSSR count). The highest BCUT2D eigenvalue weighted by molar-refractivity contribution is 5.92. The van der Waals surface area contributed by atoms with E-state index in [0.29, 0.717) is 18.8 Å². The van der Waals surface area contributed by atoms with Crippen LogP contribution in [0.25, 0.3) is 0 Å². The van der Waals surface area contributed by atoms with Crippen molar-refractivity contribution in [2.75, 3.05) is 13.1 Å². The van der Waals surface area contributed by atoms with Gasteiger partial charge in [0, 0.05) is 32.4 Å². The van der Waals surface area contributed by atoms with Gasteiger partial charge in [-0.25, -0.2) is 0 Å². The minimum absolute atomic E-state index is 0.0181. The molecule has 84 valence electrons. The second-order valence-corrected chi connectivity index (χ2v) is 3.72. The van der Waals surface area contributed by atoms with Crippen molar-refractivity contribution in [3.63, 3.8) is 0 Å². The Hall–Kier alpha value is -1.36. The van der Waals surface area contributed by atoms with Crippen molar-refractivity contribution in [3.8, 4) is 0 Å². The quantitative estimate of drug-likeness (QED) is 0.773. The van der Waals surface area contributed by atoms with Gasteiger partial charge in [0.05, 0.1) is 0 Å². The van der Waals surface area contributed by atoms with E-state index in [2.05, 4.69) is 5.10 Å². The lowest BCUT2D eigenvalue weighted by Gasteiger charge is -2.25. The highest BCUT2D eigenvalue weighted by Gasteiger charge is 2.20. The lowest BCUT2D eigenvalue weighted by molar-refractivity contribution is 0.0700. The van der Waals surface area contributed by atoms with E-state index in [1.54, 1.807) is 28.9 Å². The van der Waals surface area contributed by atoms with E-state index < -0.39 is 0 Å². The summed E-state index contributed by atoms with van der Waals surface area (Å²) in [5.74, 6) is -0.0181. The SMILES string of the molecule is CC(C)N(CCN)C(=O)c1ccnn1C. The van der Waals surface area contributed by atoms with Crippen LogP contribution in [0.1, 0.15) is 24.3 Å². The maximum absolute atomic E-state index is 12.1. The van der Waals surface area contributed by atoms with Crippen LogP contribution in [0, 0.1) is 0 Å². The summed E-state index contributed by atoms with van der Waals surface area (Å²) < 4.78 is 1.58. The summed E-state index contributed by atoms with van der Waals surface area (Å²) in [6.45, 7) is 5.00. The van der Waals surface area contributed by atoms with E-state index >= 15 is 0 Å². The third-order valence-electron chi connectivity index (χ3n) is 2.29. The van der Waals surface area contributed by atoms with Gasteiger partial charge in [0.15, 0.2) is 0 Å². The molecule has 0 radical (unpaired) electrons. The van der Waals surface area contributed by atoms with Gasteiger partial charge in [0.1, 0.15) is 5.69 Å². The molecule has 0 unspecified atom stereocenters. The zero-order valence-electron chi connectivity index (χ0n) is 9.47. The van der Waals surface area contributed by atoms with Gasteiger partial charge < -0.3 is 10.6 Å². The Morgan fingerprint density at radius 3 is 2.73 bits per heavy atom. The maximum Gasteiger partial charge on any atom is 0.272 e. The minimum atomic E-state index is -0.0181. The number of rotatable bonds is 4. The summed E-state index contributed by atoms with van der Waals surface area (Å²) in [4.78, 5) is 13.8. The molecule has 1 amide bonds. The highest BCUT2D eigenvalue weighted by Crippen LogP contribution is 2.06. The highest BCUT2D eigenvalue weighted by atomic mass is 16.2. The van der Waals surface area contributed by atoms with Crippen molar-refractivity contribution in [1.82, 2.24) is 14.7 Å². The van der Waals surface area contributed by atoms with Gasteiger partial charge in [-0.3, -0.25) is 9.48 Å². The third kappa shape index (κ3) is 2.56. The number of carbonyl (C=O) groups is 1. The Balaban J connectivity index is 2.86. The third-order valence-corrected chi connectivity index (χ3v) is 2.29. The lowest BCUT2D eigenvalue weighted by atomic mass is 10.2. The molecule has 0 saturated heterocycles. The summed E-state index contributed by atoms with van der Waals surface area (Å²) in [6, 6.07) is 1.87. The molecule has 0 aliphatic rings. The Bertz CT molecular complexity index is 332. The molecule has 1 aromatic rings. The number of hydrogen-bond acceptors (Lipinski definition) is 3. The number of hydrogen-bond donors (Lipinski definition) is 1. The normalized spacial score (nSPS) is 10.7. The molecule has 0 atom stereocenters. The Morgan fingerprint density at radius 2 is 2.33 bits per heavy atom. The van der Waals surface area contributed by atoms with Crippen molar-refractivity contribution < 1.29 is 4.79 Å². The molecule has 1 heterocycles. The Labute approximate surface area is 89.9 Å². The average molecular weight is 210 g/mol. The van der Waals surface area contributed by atoms with Gasteiger partial charge in [-0.15, -0.1) is 0 Å². The molecule has 0 aromatic carbocycles. The van der Waals surface area contributed by atoms with Gasteiger partial charge in [0.2, 0.25) is 0 Å². The summed E-state index contributed by atoms with van der Waals surface area (Å²) in [5, 5.41) is 3.98. The molecule has 0 aliphatic carbocycles. The Kier molecular flexibility index (Phi) is 3.85. The fourth-order valence-electron chi connectivity index (χ4n) is 1.46. The van der Waals surface area contributed by atoms with Crippen molar-refractivity contribution in [1.29, 1.82) is 0 Å². The predicted molar refractivity (Wildman–Crippen MR) is 58.4 cm³/mol. The average Bonchev–Trinajstić information content (AvgIpc) is 2.59. The summed E-state index contributed by atoms with van der Waals surface area (Å²) in [7, 11) is 1.76. The van der Waals surface area contributed by atoms with E-state index in [-0.39, 0.29) is 11.9 Å². The monoisotopic (exact) mass is 210 g/mol. The molecule has 1 aromatic heterocycles. The van der Waals surface area contributed by atoms with Gasteiger partial charge in [-0.1, -0.05) is 0 Å². The second-order valence-electron chi connectivity index (χ2n) is 3.72. The number of amides is 1. The molecule has 0 fully saturated rings. The lowest BCUT2D eigenvalue weighted by Crippen LogP contribution is -2.41. The van der Waals surface area contributed by atoms with Crippen molar-refractivity contribution in [2.24, 2.45) is 12.8 Å². The molecular formula is C10H18N4O. The predicted octanol–water partition coefficient (Wildman–Crippen LogP) is 0.229. The topological polar surface area (TPSA) is 64.2 Å². The second kappa shape index (κ2) is 4.93. The van der Waals surface area contributed by atoms with Crippen LogP contribution in [0.5, 0.6) is 0 Å². The van der Waals surface area contributed by atoms with E-state index in [0.717, 1.165) is 0 Å². The molecule has 2 N–H and O–H groups in total. The van der Waals surface area contributed by atoms with Crippen LogP contribution in [-0.2, 0) is 7.05 Å². The first-order valence-corrected chi connectivity index (χ1v) is 5.07. The van der Waals surface area contributed by atoms with Crippen molar-refractivity contribution in [2.45, 2.75) is 19.9 Å². The molecule has 0 saturated carbocycles. The number of carbonyl (C=O) groups excluding carboxylic acids is 1. The number of aryl methyl sites for hydroxylation is 1. The smallest absolute Gasteiger partial charge is 0.272 e. The first kappa shape index (κ1) is 11.7. The molecule has 5 heteroatoms. The summed E-state index contributed by atoms with van der Waals surface area (Å²) in [5.41, 5.74) is 6.07. The number of aromatic nitrogens is 2. The molecule has 0 bridgehead atoms. The van der Waals surface area contributed by atoms with E-state index in [4.69, 9.17) is 5.73 Å². The van der Waals surface area contributed by atoms with Crippen LogP contribution < -0.4 is 5.73 Å². The van der Waals surface area contributed by atoms with Crippen molar-refractivity contribution in [3.05, 3.63) is 18.0 Å². The number of nitrogens with two attached hydrogens (primary N) is 1. The van der Waals surface area contributed by atoms with Crippen LogP contribution in [0.2, 0.25) is 0 Å². The zero-order valence-corrected chi connectivity index (χ0v) is 9.47.